The highest BCUT2D eigenvalue weighted by Crippen LogP contribution is 2.21. The maximum absolute atomic E-state index is 13.6. The van der Waals surface area contributed by atoms with Crippen LogP contribution in [0.4, 0.5) is 9.18 Å². The van der Waals surface area contributed by atoms with Crippen molar-refractivity contribution in [2.45, 2.75) is 19.0 Å². The van der Waals surface area contributed by atoms with Gasteiger partial charge in [-0.2, -0.15) is 0 Å². The Morgan fingerprint density at radius 2 is 2.00 bits per heavy atom. The van der Waals surface area contributed by atoms with E-state index in [0.29, 0.717) is 5.56 Å². The highest BCUT2D eigenvalue weighted by Gasteiger charge is 2.24. The molecule has 20 heavy (non-hydrogen) atoms. The van der Waals surface area contributed by atoms with Crippen LogP contribution in [0.2, 0.25) is 0 Å². The van der Waals surface area contributed by atoms with Gasteiger partial charge in [-0.1, -0.05) is 18.2 Å². The van der Waals surface area contributed by atoms with Gasteiger partial charge < -0.3 is 20.4 Å². The first-order valence-electron chi connectivity index (χ1n) is 6.00. The number of aliphatic hydroxyl groups is 1. The zero-order valence-corrected chi connectivity index (χ0v) is 11.2. The van der Waals surface area contributed by atoms with E-state index in [-0.39, 0.29) is 0 Å². The summed E-state index contributed by atoms with van der Waals surface area (Å²) in [5, 5.41) is 19.8. The van der Waals surface area contributed by atoms with E-state index >= 15 is 0 Å². The molecule has 0 fully saturated rings. The minimum Gasteiger partial charge on any atom is -0.480 e. The third-order valence-corrected chi connectivity index (χ3v) is 3.03. The van der Waals surface area contributed by atoms with Gasteiger partial charge in [0.2, 0.25) is 0 Å². The fourth-order valence-electron chi connectivity index (χ4n) is 1.63. The van der Waals surface area contributed by atoms with Crippen molar-refractivity contribution in [3.05, 3.63) is 35.6 Å². The predicted octanol–water partition coefficient (Wildman–Crippen LogP) is 0.974. The average Bonchev–Trinajstić information content (AvgIpc) is 2.43. The Morgan fingerprint density at radius 3 is 2.50 bits per heavy atom. The molecule has 6 nitrogen and oxygen atoms in total. The van der Waals surface area contributed by atoms with Gasteiger partial charge in [0.1, 0.15) is 5.82 Å². The van der Waals surface area contributed by atoms with Crippen molar-refractivity contribution < 1.29 is 24.2 Å². The van der Waals surface area contributed by atoms with Crippen LogP contribution in [0.3, 0.4) is 0 Å². The molecular formula is C13H17FN2O4. The van der Waals surface area contributed by atoms with E-state index in [1.807, 2.05) is 0 Å². The van der Waals surface area contributed by atoms with E-state index < -0.39 is 36.5 Å². The molecule has 0 heterocycles. The molecule has 0 aliphatic carbocycles. The Bertz CT molecular complexity index is 495. The normalized spacial score (nSPS) is 13.4. The Morgan fingerprint density at radius 1 is 1.40 bits per heavy atom. The molecule has 0 aliphatic heterocycles. The van der Waals surface area contributed by atoms with Crippen molar-refractivity contribution in [2.75, 3.05) is 13.7 Å². The molecule has 0 aromatic heterocycles. The number of halogens is 1. The van der Waals surface area contributed by atoms with Crippen molar-refractivity contribution in [3.8, 4) is 0 Å². The summed E-state index contributed by atoms with van der Waals surface area (Å²) in [6.07, 6.45) is 0. The third kappa shape index (κ3) is 3.67. The van der Waals surface area contributed by atoms with Crippen molar-refractivity contribution >= 4 is 12.0 Å². The molecule has 0 radical (unpaired) electrons. The van der Waals surface area contributed by atoms with Crippen LogP contribution >= 0.6 is 0 Å². The van der Waals surface area contributed by atoms with Gasteiger partial charge in [0.05, 0.1) is 12.6 Å². The summed E-state index contributed by atoms with van der Waals surface area (Å²) in [6.45, 7) is 0.899. The second-order valence-electron chi connectivity index (χ2n) is 4.33. The van der Waals surface area contributed by atoms with Crippen LogP contribution in [-0.4, -0.2) is 46.8 Å². The number of nitrogens with zero attached hydrogens (tertiary/aromatic N) is 1. The molecule has 0 saturated carbocycles. The lowest BCUT2D eigenvalue weighted by Gasteiger charge is -2.27. The predicted molar refractivity (Wildman–Crippen MR) is 69.6 cm³/mol. The number of hydrogen-bond donors (Lipinski definition) is 3. The van der Waals surface area contributed by atoms with Crippen LogP contribution in [0, 0.1) is 5.82 Å². The van der Waals surface area contributed by atoms with Crippen LogP contribution in [-0.2, 0) is 4.79 Å². The van der Waals surface area contributed by atoms with Crippen LogP contribution in [0.5, 0.6) is 0 Å². The van der Waals surface area contributed by atoms with Crippen molar-refractivity contribution in [2.24, 2.45) is 0 Å². The van der Waals surface area contributed by atoms with E-state index in [9.17, 15) is 14.0 Å². The van der Waals surface area contributed by atoms with Crippen LogP contribution in [0.15, 0.2) is 24.3 Å². The maximum Gasteiger partial charge on any atom is 0.328 e. The largest absolute Gasteiger partial charge is 0.480 e. The number of aliphatic hydroxyl groups excluding tert-OH is 1. The van der Waals surface area contributed by atoms with E-state index in [1.54, 1.807) is 19.1 Å². The Balaban J connectivity index is 2.79. The third-order valence-electron chi connectivity index (χ3n) is 3.03. The molecule has 3 N–H and O–H groups in total. The van der Waals surface area contributed by atoms with E-state index in [4.69, 9.17) is 10.2 Å². The van der Waals surface area contributed by atoms with Crippen LogP contribution in [0.25, 0.3) is 0 Å². The quantitative estimate of drug-likeness (QED) is 0.751. The Hall–Kier alpha value is -2.15. The molecule has 0 saturated heterocycles. The highest BCUT2D eigenvalue weighted by molar-refractivity contribution is 5.82. The number of amides is 2. The van der Waals surface area contributed by atoms with Gasteiger partial charge in [0.25, 0.3) is 0 Å². The number of carboxylic acids is 1. The Kier molecular flexibility index (Phi) is 5.45. The van der Waals surface area contributed by atoms with Gasteiger partial charge in [-0.05, 0) is 13.0 Å². The summed E-state index contributed by atoms with van der Waals surface area (Å²) in [7, 11) is 1.42. The lowest BCUT2D eigenvalue weighted by atomic mass is 10.1. The van der Waals surface area contributed by atoms with Crippen molar-refractivity contribution in [3.63, 3.8) is 0 Å². The molecule has 0 spiro atoms. The van der Waals surface area contributed by atoms with Crippen LogP contribution < -0.4 is 5.32 Å². The molecule has 7 heteroatoms. The molecule has 0 aliphatic rings. The molecule has 2 amide bonds. The minimum atomic E-state index is -1.39. The first-order valence-corrected chi connectivity index (χ1v) is 6.00. The first kappa shape index (κ1) is 15.9. The first-order chi connectivity index (χ1) is 9.38. The summed E-state index contributed by atoms with van der Waals surface area (Å²) >= 11 is 0. The second kappa shape index (κ2) is 6.85. The zero-order valence-electron chi connectivity index (χ0n) is 11.2. The number of nitrogens with one attached hydrogen (secondary N) is 1. The SMILES string of the molecule is CC(c1ccccc1F)N(C)C(=O)NC(CO)C(=O)O. The summed E-state index contributed by atoms with van der Waals surface area (Å²) in [5.74, 6) is -1.79. The molecule has 2 atom stereocenters. The number of carbonyl (C=O) groups is 2. The van der Waals surface area contributed by atoms with Gasteiger partial charge in [-0.3, -0.25) is 0 Å². The van der Waals surface area contributed by atoms with E-state index in [1.165, 1.54) is 24.1 Å². The molecule has 1 rings (SSSR count). The van der Waals surface area contributed by atoms with E-state index in [0.717, 1.165) is 0 Å². The number of aliphatic carboxylic acids is 1. The number of urea groups is 1. The molecule has 110 valence electrons. The van der Waals surface area contributed by atoms with Gasteiger partial charge in [-0.15, -0.1) is 0 Å². The number of hydrogen-bond acceptors (Lipinski definition) is 3. The standard InChI is InChI=1S/C13H17FN2O4/c1-8(9-5-3-4-6-10(9)14)16(2)13(20)15-11(7-17)12(18)19/h3-6,8,11,17H,7H2,1-2H3,(H,15,20)(H,18,19). The molecular weight excluding hydrogens is 267 g/mol. The van der Waals surface area contributed by atoms with Gasteiger partial charge >= 0.3 is 12.0 Å². The molecule has 1 aromatic carbocycles. The lowest BCUT2D eigenvalue weighted by Crippen LogP contribution is -2.49. The number of rotatable bonds is 5. The van der Waals surface area contributed by atoms with Crippen LogP contribution in [0.1, 0.15) is 18.5 Å². The Labute approximate surface area is 115 Å². The molecule has 0 bridgehead atoms. The van der Waals surface area contributed by atoms with Gasteiger partial charge in [0, 0.05) is 12.6 Å². The topological polar surface area (TPSA) is 89.9 Å². The van der Waals surface area contributed by atoms with Crippen molar-refractivity contribution in [1.29, 1.82) is 0 Å². The highest BCUT2D eigenvalue weighted by atomic mass is 19.1. The zero-order chi connectivity index (χ0) is 15.3. The maximum atomic E-state index is 13.6. The fraction of sp³-hybridized carbons (Fsp3) is 0.385. The van der Waals surface area contributed by atoms with Crippen molar-refractivity contribution in [1.82, 2.24) is 10.2 Å². The fourth-order valence-corrected chi connectivity index (χ4v) is 1.63. The number of carboxylic acid groups (broad SMARTS) is 1. The average molecular weight is 284 g/mol. The smallest absolute Gasteiger partial charge is 0.328 e. The van der Waals surface area contributed by atoms with Gasteiger partial charge in [-0.25, -0.2) is 14.0 Å². The molecule has 1 aromatic rings. The summed E-state index contributed by atoms with van der Waals surface area (Å²) in [5.41, 5.74) is 0.320. The van der Waals surface area contributed by atoms with E-state index in [2.05, 4.69) is 5.32 Å². The monoisotopic (exact) mass is 284 g/mol. The second-order valence-corrected chi connectivity index (χ2v) is 4.33. The summed E-state index contributed by atoms with van der Waals surface area (Å²) in [4.78, 5) is 23.8. The van der Waals surface area contributed by atoms with Gasteiger partial charge in [0.15, 0.2) is 6.04 Å². The lowest BCUT2D eigenvalue weighted by molar-refractivity contribution is -0.140. The summed E-state index contributed by atoms with van der Waals surface area (Å²) < 4.78 is 13.6. The molecule has 2 unspecified atom stereocenters. The number of carbonyl (C=O) groups excluding carboxylic acids is 1. The minimum absolute atomic E-state index is 0.320. The summed E-state index contributed by atoms with van der Waals surface area (Å²) in [6, 6.07) is 3.34. The number of benzene rings is 1.